The molecule has 8 heteroatoms. The molecule has 0 aromatic heterocycles. The van der Waals surface area contributed by atoms with Gasteiger partial charge in [0.25, 0.3) is 0 Å². The van der Waals surface area contributed by atoms with Crippen molar-refractivity contribution in [3.63, 3.8) is 0 Å². The van der Waals surface area contributed by atoms with Gasteiger partial charge in [-0.05, 0) is 28.8 Å². The topological polar surface area (TPSA) is 69.7 Å². The quantitative estimate of drug-likeness (QED) is 0.491. The SMILES string of the molecule is CS(=O)(=O)NC(CC(=O)N1CCN(C(c2ccccc2)c2ccccc2)CC1)c1ccc(Cl)cc1. The maximum Gasteiger partial charge on any atom is 0.224 e. The van der Waals surface area contributed by atoms with Crippen molar-refractivity contribution in [3.05, 3.63) is 107 Å². The molecule has 3 aromatic carbocycles. The molecule has 3 aromatic rings. The third kappa shape index (κ3) is 6.92. The zero-order valence-corrected chi connectivity index (χ0v) is 21.3. The molecule has 0 bridgehead atoms. The van der Waals surface area contributed by atoms with E-state index in [1.165, 1.54) is 11.1 Å². The fraction of sp³-hybridized carbons (Fsp3) is 0.296. The van der Waals surface area contributed by atoms with Crippen LogP contribution in [0.2, 0.25) is 5.02 Å². The number of amides is 1. The molecule has 1 fully saturated rings. The summed E-state index contributed by atoms with van der Waals surface area (Å²) in [6.45, 7) is 2.62. The number of carbonyl (C=O) groups excluding carboxylic acids is 1. The molecule has 0 aliphatic carbocycles. The van der Waals surface area contributed by atoms with Crippen molar-refractivity contribution in [1.29, 1.82) is 0 Å². The normalized spacial score (nSPS) is 15.8. The van der Waals surface area contributed by atoms with Gasteiger partial charge in [-0.1, -0.05) is 84.4 Å². The van der Waals surface area contributed by atoms with Gasteiger partial charge in [0, 0.05) is 37.6 Å². The summed E-state index contributed by atoms with van der Waals surface area (Å²) >= 11 is 5.99. The number of halogens is 1. The number of nitrogens with one attached hydrogen (secondary N) is 1. The van der Waals surface area contributed by atoms with Crippen LogP contribution in [0.5, 0.6) is 0 Å². The van der Waals surface area contributed by atoms with Crippen LogP contribution in [0.4, 0.5) is 0 Å². The Morgan fingerprint density at radius 1 is 0.829 bits per heavy atom. The van der Waals surface area contributed by atoms with Gasteiger partial charge in [0.2, 0.25) is 15.9 Å². The Labute approximate surface area is 212 Å². The van der Waals surface area contributed by atoms with E-state index in [9.17, 15) is 13.2 Å². The molecule has 1 aliphatic heterocycles. The molecule has 6 nitrogen and oxygen atoms in total. The second kappa shape index (κ2) is 11.4. The molecule has 0 radical (unpaired) electrons. The second-order valence-corrected chi connectivity index (χ2v) is 11.1. The van der Waals surface area contributed by atoms with Gasteiger partial charge >= 0.3 is 0 Å². The summed E-state index contributed by atoms with van der Waals surface area (Å²) in [5.74, 6) is -0.0725. The zero-order valence-electron chi connectivity index (χ0n) is 19.7. The van der Waals surface area contributed by atoms with Gasteiger partial charge in [-0.15, -0.1) is 0 Å². The molecule has 1 aliphatic rings. The van der Waals surface area contributed by atoms with Crippen molar-refractivity contribution in [2.45, 2.75) is 18.5 Å². The Bertz CT molecular complexity index is 1170. The van der Waals surface area contributed by atoms with Crippen LogP contribution in [0.1, 0.15) is 35.2 Å². The first-order valence-corrected chi connectivity index (χ1v) is 13.9. The lowest BCUT2D eigenvalue weighted by Crippen LogP contribution is -2.50. The highest BCUT2D eigenvalue weighted by atomic mass is 35.5. The predicted molar refractivity (Wildman–Crippen MR) is 140 cm³/mol. The van der Waals surface area contributed by atoms with Gasteiger partial charge in [-0.2, -0.15) is 0 Å². The third-order valence-electron chi connectivity index (χ3n) is 6.27. The van der Waals surface area contributed by atoms with Crippen molar-refractivity contribution in [1.82, 2.24) is 14.5 Å². The van der Waals surface area contributed by atoms with Gasteiger partial charge in [0.15, 0.2) is 0 Å². The second-order valence-electron chi connectivity index (χ2n) is 8.84. The van der Waals surface area contributed by atoms with Crippen LogP contribution in [0.25, 0.3) is 0 Å². The minimum absolute atomic E-state index is 0.0511. The van der Waals surface area contributed by atoms with Gasteiger partial charge < -0.3 is 4.90 Å². The van der Waals surface area contributed by atoms with Crippen molar-refractivity contribution in [2.24, 2.45) is 0 Å². The summed E-state index contributed by atoms with van der Waals surface area (Å²) < 4.78 is 26.5. The molecular formula is C27H30ClN3O3S. The molecule has 1 heterocycles. The molecule has 35 heavy (non-hydrogen) atoms. The lowest BCUT2D eigenvalue weighted by molar-refractivity contribution is -0.133. The van der Waals surface area contributed by atoms with Crippen LogP contribution >= 0.6 is 11.6 Å². The van der Waals surface area contributed by atoms with E-state index in [1.807, 2.05) is 17.0 Å². The van der Waals surface area contributed by atoms with Crippen LogP contribution < -0.4 is 4.72 Å². The number of piperazine rings is 1. The van der Waals surface area contributed by atoms with Crippen LogP contribution in [0, 0.1) is 0 Å². The van der Waals surface area contributed by atoms with Crippen LogP contribution in [-0.2, 0) is 14.8 Å². The summed E-state index contributed by atoms with van der Waals surface area (Å²) in [5, 5.41) is 0.556. The molecular weight excluding hydrogens is 482 g/mol. The van der Waals surface area contributed by atoms with Gasteiger partial charge in [-0.3, -0.25) is 9.69 Å². The van der Waals surface area contributed by atoms with E-state index in [0.29, 0.717) is 23.7 Å². The Morgan fingerprint density at radius 3 is 1.83 bits per heavy atom. The lowest BCUT2D eigenvalue weighted by atomic mass is 9.96. The first-order valence-electron chi connectivity index (χ1n) is 11.6. The monoisotopic (exact) mass is 511 g/mol. The highest BCUT2D eigenvalue weighted by Gasteiger charge is 2.29. The highest BCUT2D eigenvalue weighted by molar-refractivity contribution is 7.88. The van der Waals surface area contributed by atoms with Crippen molar-refractivity contribution >= 4 is 27.5 Å². The highest BCUT2D eigenvalue weighted by Crippen LogP contribution is 2.30. The van der Waals surface area contributed by atoms with E-state index in [-0.39, 0.29) is 18.4 Å². The van der Waals surface area contributed by atoms with Gasteiger partial charge in [0.05, 0.1) is 18.3 Å². The number of sulfonamides is 1. The van der Waals surface area contributed by atoms with Crippen LogP contribution in [-0.4, -0.2) is 56.6 Å². The van der Waals surface area contributed by atoms with Crippen molar-refractivity contribution < 1.29 is 13.2 Å². The van der Waals surface area contributed by atoms with Gasteiger partial charge in [0.1, 0.15) is 0 Å². The smallest absolute Gasteiger partial charge is 0.224 e. The van der Waals surface area contributed by atoms with Crippen LogP contribution in [0.3, 0.4) is 0 Å². The molecule has 1 N–H and O–H groups in total. The zero-order chi connectivity index (χ0) is 24.8. The molecule has 0 spiro atoms. The maximum absolute atomic E-state index is 13.2. The summed E-state index contributed by atoms with van der Waals surface area (Å²) in [7, 11) is -3.50. The maximum atomic E-state index is 13.2. The molecule has 0 saturated carbocycles. The van der Waals surface area contributed by atoms with E-state index in [1.54, 1.807) is 24.3 Å². The molecule has 1 unspecified atom stereocenters. The Kier molecular flexibility index (Phi) is 8.23. The summed E-state index contributed by atoms with van der Waals surface area (Å²) in [6, 6.07) is 27.2. The predicted octanol–water partition coefficient (Wildman–Crippen LogP) is 4.25. The van der Waals surface area contributed by atoms with E-state index in [4.69, 9.17) is 11.6 Å². The summed E-state index contributed by atoms with van der Waals surface area (Å²) in [5.41, 5.74) is 3.15. The van der Waals surface area contributed by atoms with E-state index in [2.05, 4.69) is 58.2 Å². The van der Waals surface area contributed by atoms with Crippen LogP contribution in [0.15, 0.2) is 84.9 Å². The number of nitrogens with zero attached hydrogens (tertiary/aromatic N) is 2. The molecule has 1 saturated heterocycles. The number of carbonyl (C=O) groups is 1. The molecule has 1 atom stereocenters. The first-order chi connectivity index (χ1) is 16.8. The molecule has 4 rings (SSSR count). The standard InChI is InChI=1S/C27H30ClN3O3S/c1-35(33,34)29-25(21-12-14-24(28)15-13-21)20-26(32)30-16-18-31(19-17-30)27(22-8-4-2-5-9-22)23-10-6-3-7-11-23/h2-15,25,27,29H,16-20H2,1H3. The minimum Gasteiger partial charge on any atom is -0.340 e. The lowest BCUT2D eigenvalue weighted by Gasteiger charge is -2.40. The van der Waals surface area contributed by atoms with Gasteiger partial charge in [-0.25, -0.2) is 13.1 Å². The number of hydrogen-bond donors (Lipinski definition) is 1. The largest absolute Gasteiger partial charge is 0.340 e. The van der Waals surface area contributed by atoms with Crippen molar-refractivity contribution in [3.8, 4) is 0 Å². The number of hydrogen-bond acceptors (Lipinski definition) is 4. The van der Waals surface area contributed by atoms with E-state index < -0.39 is 16.1 Å². The summed E-state index contributed by atoms with van der Waals surface area (Å²) in [6.07, 6.45) is 1.15. The third-order valence-corrected chi connectivity index (χ3v) is 7.23. The first kappa shape index (κ1) is 25.4. The Morgan fingerprint density at radius 2 is 1.34 bits per heavy atom. The van der Waals surface area contributed by atoms with Crippen molar-refractivity contribution in [2.75, 3.05) is 32.4 Å². The average molecular weight is 512 g/mol. The number of rotatable bonds is 8. The average Bonchev–Trinajstić information content (AvgIpc) is 2.85. The molecule has 1 amide bonds. The fourth-order valence-electron chi connectivity index (χ4n) is 4.60. The van der Waals surface area contributed by atoms with E-state index in [0.717, 1.165) is 19.3 Å². The molecule has 184 valence electrons. The minimum atomic E-state index is -3.50. The number of benzene rings is 3. The summed E-state index contributed by atoms with van der Waals surface area (Å²) in [4.78, 5) is 17.4. The Balaban J connectivity index is 1.45. The van der Waals surface area contributed by atoms with E-state index >= 15 is 0 Å². The Hall–Kier alpha value is -2.71. The fourth-order valence-corrected chi connectivity index (χ4v) is 5.46.